The normalized spacial score (nSPS) is 19.9. The van der Waals surface area contributed by atoms with Crippen molar-refractivity contribution in [3.63, 3.8) is 0 Å². The quantitative estimate of drug-likeness (QED) is 0.766. The summed E-state index contributed by atoms with van der Waals surface area (Å²) in [5.41, 5.74) is 1.64. The van der Waals surface area contributed by atoms with Crippen LogP contribution in [0.4, 0.5) is 11.4 Å². The summed E-state index contributed by atoms with van der Waals surface area (Å²) in [5.74, 6) is 0.347. The molecule has 2 aromatic rings. The second kappa shape index (κ2) is 7.94. The Bertz CT molecular complexity index is 972. The molecule has 2 aromatic carbocycles. The van der Waals surface area contributed by atoms with E-state index < -0.39 is 16.1 Å². The minimum atomic E-state index is -3.45. The first-order valence-electron chi connectivity index (χ1n) is 9.76. The van der Waals surface area contributed by atoms with Gasteiger partial charge in [-0.3, -0.25) is 9.10 Å². The van der Waals surface area contributed by atoms with E-state index in [2.05, 4.69) is 17.0 Å². The Morgan fingerprint density at radius 1 is 0.931 bits per heavy atom. The van der Waals surface area contributed by atoms with E-state index in [1.807, 2.05) is 23.1 Å². The molecule has 154 valence electrons. The highest BCUT2D eigenvalue weighted by Gasteiger charge is 2.34. The minimum absolute atomic E-state index is 0.0807. The molecule has 29 heavy (non-hydrogen) atoms. The van der Waals surface area contributed by atoms with Crippen molar-refractivity contribution in [1.82, 2.24) is 4.90 Å². The predicted molar refractivity (Wildman–Crippen MR) is 113 cm³/mol. The molecular weight excluding hydrogens is 390 g/mol. The molecule has 1 amide bonds. The fourth-order valence-corrected chi connectivity index (χ4v) is 4.82. The van der Waals surface area contributed by atoms with Gasteiger partial charge in [-0.15, -0.1) is 0 Å². The number of sulfonamides is 1. The molecule has 2 aliphatic rings. The first-order chi connectivity index (χ1) is 13.9. The van der Waals surface area contributed by atoms with Crippen molar-refractivity contribution in [1.29, 1.82) is 0 Å². The molecule has 0 spiro atoms. The summed E-state index contributed by atoms with van der Waals surface area (Å²) in [6.45, 7) is 2.97. The van der Waals surface area contributed by atoms with Crippen molar-refractivity contribution >= 4 is 27.3 Å². The van der Waals surface area contributed by atoms with Crippen LogP contribution in [0.15, 0.2) is 54.6 Å². The van der Waals surface area contributed by atoms with Gasteiger partial charge in [-0.1, -0.05) is 30.3 Å². The second-order valence-electron chi connectivity index (χ2n) is 7.35. The zero-order chi connectivity index (χ0) is 20.4. The van der Waals surface area contributed by atoms with Crippen LogP contribution in [-0.4, -0.2) is 64.3 Å². The van der Waals surface area contributed by atoms with Crippen LogP contribution in [0.2, 0.25) is 0 Å². The van der Waals surface area contributed by atoms with Crippen LogP contribution in [-0.2, 0) is 14.8 Å². The van der Waals surface area contributed by atoms with Crippen molar-refractivity contribution in [2.45, 2.75) is 12.5 Å². The van der Waals surface area contributed by atoms with Crippen molar-refractivity contribution in [2.75, 3.05) is 48.2 Å². The molecule has 1 atom stereocenters. The van der Waals surface area contributed by atoms with E-state index in [9.17, 15) is 13.2 Å². The predicted octanol–water partition coefficient (Wildman–Crippen LogP) is 1.95. The SMILES string of the molecule is CS(=O)(=O)N1CC[C@@H](C(=O)N2CCN(c3ccccc3)CC2)Oc2ccccc21. The lowest BCUT2D eigenvalue weighted by molar-refractivity contribution is -0.139. The van der Waals surface area contributed by atoms with E-state index in [1.165, 1.54) is 10.6 Å². The number of ether oxygens (including phenoxy) is 1. The summed E-state index contributed by atoms with van der Waals surface area (Å²) in [7, 11) is -3.45. The molecular formula is C21H25N3O4S. The monoisotopic (exact) mass is 415 g/mol. The van der Waals surface area contributed by atoms with Crippen molar-refractivity contribution in [3.05, 3.63) is 54.6 Å². The van der Waals surface area contributed by atoms with Crippen LogP contribution in [0, 0.1) is 0 Å². The van der Waals surface area contributed by atoms with E-state index in [0.29, 0.717) is 30.9 Å². The number of rotatable bonds is 3. The van der Waals surface area contributed by atoms with E-state index >= 15 is 0 Å². The van der Waals surface area contributed by atoms with Crippen molar-refractivity contribution in [2.24, 2.45) is 0 Å². The van der Waals surface area contributed by atoms with Gasteiger partial charge in [0, 0.05) is 44.8 Å². The number of para-hydroxylation sites is 3. The summed E-state index contributed by atoms with van der Waals surface area (Å²) in [5, 5.41) is 0. The second-order valence-corrected chi connectivity index (χ2v) is 9.25. The van der Waals surface area contributed by atoms with Gasteiger partial charge in [0.15, 0.2) is 6.10 Å². The Kier molecular flexibility index (Phi) is 5.36. The molecule has 1 saturated heterocycles. The van der Waals surface area contributed by atoms with E-state index in [4.69, 9.17) is 4.74 Å². The molecule has 4 rings (SSSR count). The molecule has 0 N–H and O–H groups in total. The van der Waals surface area contributed by atoms with Gasteiger partial charge in [-0.05, 0) is 24.3 Å². The molecule has 0 aliphatic carbocycles. The molecule has 2 heterocycles. The summed E-state index contributed by atoms with van der Waals surface area (Å²) >= 11 is 0. The number of carbonyl (C=O) groups is 1. The Morgan fingerprint density at radius 3 is 2.28 bits per heavy atom. The van der Waals surface area contributed by atoms with Crippen molar-refractivity contribution < 1.29 is 17.9 Å². The molecule has 0 unspecified atom stereocenters. The highest BCUT2D eigenvalue weighted by molar-refractivity contribution is 7.92. The number of carbonyl (C=O) groups excluding carboxylic acids is 1. The van der Waals surface area contributed by atoms with Gasteiger partial charge in [-0.25, -0.2) is 8.42 Å². The van der Waals surface area contributed by atoms with Crippen molar-refractivity contribution in [3.8, 4) is 5.75 Å². The third-order valence-corrected chi connectivity index (χ3v) is 6.57. The smallest absolute Gasteiger partial charge is 0.263 e. The number of piperazine rings is 1. The Labute approximate surface area is 171 Å². The van der Waals surface area contributed by atoms with Crippen LogP contribution < -0.4 is 13.9 Å². The van der Waals surface area contributed by atoms with Gasteiger partial charge < -0.3 is 14.5 Å². The highest BCUT2D eigenvalue weighted by Crippen LogP contribution is 2.34. The van der Waals surface area contributed by atoms with E-state index in [1.54, 1.807) is 24.3 Å². The number of amides is 1. The summed E-state index contributed by atoms with van der Waals surface area (Å²) < 4.78 is 31.8. The number of hydrogen-bond donors (Lipinski definition) is 0. The Morgan fingerprint density at radius 2 is 1.59 bits per heavy atom. The molecule has 0 bridgehead atoms. The third-order valence-electron chi connectivity index (χ3n) is 5.39. The Balaban J connectivity index is 1.46. The van der Waals surface area contributed by atoms with Gasteiger partial charge >= 0.3 is 0 Å². The lowest BCUT2D eigenvalue weighted by Crippen LogP contribution is -2.52. The number of nitrogens with zero attached hydrogens (tertiary/aromatic N) is 3. The van der Waals surface area contributed by atoms with Gasteiger partial charge in [0.25, 0.3) is 5.91 Å². The highest BCUT2D eigenvalue weighted by atomic mass is 32.2. The summed E-state index contributed by atoms with van der Waals surface area (Å²) in [4.78, 5) is 17.2. The maximum atomic E-state index is 13.1. The summed E-state index contributed by atoms with van der Waals surface area (Å²) in [6.07, 6.45) is 0.806. The van der Waals surface area contributed by atoms with Crippen LogP contribution in [0.1, 0.15) is 6.42 Å². The van der Waals surface area contributed by atoms with Gasteiger partial charge in [0.1, 0.15) is 5.75 Å². The molecule has 8 heteroatoms. The Hall–Kier alpha value is -2.74. The maximum Gasteiger partial charge on any atom is 0.263 e. The maximum absolute atomic E-state index is 13.1. The first kappa shape index (κ1) is 19.6. The fraction of sp³-hybridized carbons (Fsp3) is 0.381. The lowest BCUT2D eigenvalue weighted by atomic mass is 10.2. The van der Waals surface area contributed by atoms with Gasteiger partial charge in [0.05, 0.1) is 11.9 Å². The third kappa shape index (κ3) is 4.17. The summed E-state index contributed by atoms with van der Waals surface area (Å²) in [6, 6.07) is 17.1. The molecule has 0 saturated carbocycles. The average molecular weight is 416 g/mol. The number of anilines is 2. The topological polar surface area (TPSA) is 70.2 Å². The number of fused-ring (bicyclic) bond motifs is 1. The molecule has 7 nitrogen and oxygen atoms in total. The van der Waals surface area contributed by atoms with Crippen LogP contribution >= 0.6 is 0 Å². The largest absolute Gasteiger partial charge is 0.478 e. The fourth-order valence-electron chi connectivity index (χ4n) is 3.88. The van der Waals surface area contributed by atoms with E-state index in [-0.39, 0.29) is 12.5 Å². The van der Waals surface area contributed by atoms with Crippen LogP contribution in [0.5, 0.6) is 5.75 Å². The van der Waals surface area contributed by atoms with E-state index in [0.717, 1.165) is 18.8 Å². The number of benzene rings is 2. The van der Waals surface area contributed by atoms with Gasteiger partial charge in [0.2, 0.25) is 10.0 Å². The molecule has 1 fully saturated rings. The average Bonchev–Trinajstić information content (AvgIpc) is 2.94. The molecule has 0 radical (unpaired) electrons. The zero-order valence-corrected chi connectivity index (χ0v) is 17.2. The lowest BCUT2D eigenvalue weighted by Gasteiger charge is -2.37. The zero-order valence-electron chi connectivity index (χ0n) is 16.4. The van der Waals surface area contributed by atoms with Crippen LogP contribution in [0.3, 0.4) is 0 Å². The van der Waals surface area contributed by atoms with Gasteiger partial charge in [-0.2, -0.15) is 0 Å². The first-order valence-corrected chi connectivity index (χ1v) is 11.6. The molecule has 0 aromatic heterocycles. The standard InChI is InChI=1S/C21H25N3O4S/c1-29(26,27)24-12-11-20(28-19-10-6-5-9-18(19)24)21(25)23-15-13-22(14-16-23)17-7-3-2-4-8-17/h2-10,20H,11-16H2,1H3/t20-/m0/s1. The van der Waals surface area contributed by atoms with Crippen LogP contribution in [0.25, 0.3) is 0 Å². The molecule has 2 aliphatic heterocycles. The number of hydrogen-bond acceptors (Lipinski definition) is 5. The minimum Gasteiger partial charge on any atom is -0.478 e.